The topological polar surface area (TPSA) is 23.8 Å². The van der Waals surface area contributed by atoms with Crippen molar-refractivity contribution in [1.29, 1.82) is 5.26 Å². The summed E-state index contributed by atoms with van der Waals surface area (Å²) in [7, 11) is 0. The number of thiophene rings is 1. The highest BCUT2D eigenvalue weighted by Gasteiger charge is 2.12. The van der Waals surface area contributed by atoms with E-state index < -0.39 is 5.82 Å². The van der Waals surface area contributed by atoms with Crippen LogP contribution in [0, 0.1) is 17.1 Å². The summed E-state index contributed by atoms with van der Waals surface area (Å²) in [6, 6.07) is 6.53. The Morgan fingerprint density at radius 3 is 2.67 bits per heavy atom. The van der Waals surface area contributed by atoms with Crippen LogP contribution in [0.15, 0.2) is 33.4 Å². The van der Waals surface area contributed by atoms with Gasteiger partial charge in [-0.1, -0.05) is 12.1 Å². The zero-order valence-corrected chi connectivity index (χ0v) is 9.90. The molecule has 0 aliphatic rings. The number of nitrogens with zero attached hydrogens (tertiary/aromatic N) is 1. The fourth-order valence-electron chi connectivity index (χ4n) is 1.34. The minimum atomic E-state index is -0.479. The molecule has 0 aliphatic carbocycles. The summed E-state index contributed by atoms with van der Waals surface area (Å²) in [5, 5.41) is 12.7. The van der Waals surface area contributed by atoms with Crippen molar-refractivity contribution < 1.29 is 4.39 Å². The van der Waals surface area contributed by atoms with Crippen molar-refractivity contribution >= 4 is 27.3 Å². The van der Waals surface area contributed by atoms with Crippen LogP contribution in [0.1, 0.15) is 5.56 Å². The number of rotatable bonds is 1. The van der Waals surface area contributed by atoms with Gasteiger partial charge in [0.1, 0.15) is 11.9 Å². The average Bonchev–Trinajstić information content (AvgIpc) is 2.64. The first-order valence-electron chi connectivity index (χ1n) is 4.14. The molecule has 0 radical (unpaired) electrons. The third-order valence-electron chi connectivity index (χ3n) is 2.03. The third kappa shape index (κ3) is 1.81. The van der Waals surface area contributed by atoms with Gasteiger partial charge in [-0.2, -0.15) is 16.6 Å². The van der Waals surface area contributed by atoms with E-state index >= 15 is 0 Å². The van der Waals surface area contributed by atoms with Gasteiger partial charge in [-0.3, -0.25) is 0 Å². The lowest BCUT2D eigenvalue weighted by Crippen LogP contribution is -1.88. The van der Waals surface area contributed by atoms with Crippen molar-refractivity contribution in [3.63, 3.8) is 0 Å². The van der Waals surface area contributed by atoms with Crippen LogP contribution < -0.4 is 0 Å². The molecular weight excluding hydrogens is 277 g/mol. The highest BCUT2D eigenvalue weighted by molar-refractivity contribution is 9.10. The number of nitriles is 1. The van der Waals surface area contributed by atoms with Gasteiger partial charge in [0, 0.05) is 21.0 Å². The monoisotopic (exact) mass is 281 g/mol. The molecule has 1 aromatic carbocycles. The van der Waals surface area contributed by atoms with Crippen LogP contribution in [-0.2, 0) is 0 Å². The van der Waals surface area contributed by atoms with Gasteiger partial charge in [0.15, 0.2) is 0 Å². The number of halogens is 2. The van der Waals surface area contributed by atoms with Crippen molar-refractivity contribution in [3.05, 3.63) is 44.8 Å². The molecule has 2 rings (SSSR count). The second kappa shape index (κ2) is 4.13. The minimum absolute atomic E-state index is 0.0941. The number of hydrogen-bond acceptors (Lipinski definition) is 2. The van der Waals surface area contributed by atoms with Gasteiger partial charge in [0.05, 0.1) is 5.56 Å². The van der Waals surface area contributed by atoms with E-state index in [4.69, 9.17) is 5.26 Å². The van der Waals surface area contributed by atoms with E-state index in [1.807, 2.05) is 16.8 Å². The maximum absolute atomic E-state index is 13.3. The molecule has 4 heteroatoms. The zero-order valence-electron chi connectivity index (χ0n) is 7.50. The maximum atomic E-state index is 13.3. The molecule has 15 heavy (non-hydrogen) atoms. The Morgan fingerprint density at radius 1 is 1.27 bits per heavy atom. The second-order valence-corrected chi connectivity index (χ2v) is 4.51. The summed E-state index contributed by atoms with van der Waals surface area (Å²) in [5.74, 6) is -0.479. The Morgan fingerprint density at radius 2 is 2.07 bits per heavy atom. The van der Waals surface area contributed by atoms with Gasteiger partial charge in [0.25, 0.3) is 0 Å². The van der Waals surface area contributed by atoms with Crippen molar-refractivity contribution in [1.82, 2.24) is 0 Å². The van der Waals surface area contributed by atoms with E-state index in [0.29, 0.717) is 5.56 Å². The summed E-state index contributed by atoms with van der Waals surface area (Å²) in [5.41, 5.74) is 1.58. The van der Waals surface area contributed by atoms with Crippen LogP contribution in [-0.4, -0.2) is 0 Å². The van der Waals surface area contributed by atoms with Crippen LogP contribution in [0.5, 0.6) is 0 Å². The zero-order chi connectivity index (χ0) is 10.8. The van der Waals surface area contributed by atoms with Gasteiger partial charge in [-0.25, -0.2) is 4.39 Å². The van der Waals surface area contributed by atoms with Crippen molar-refractivity contribution in [2.75, 3.05) is 0 Å². The maximum Gasteiger partial charge on any atom is 0.141 e. The van der Waals surface area contributed by atoms with Gasteiger partial charge in [0.2, 0.25) is 0 Å². The molecule has 74 valence electrons. The SMILES string of the molecule is N#Cc1c(F)cccc1-c1cscc1Br. The van der Waals surface area contributed by atoms with E-state index in [1.54, 1.807) is 12.1 Å². The lowest BCUT2D eigenvalue weighted by atomic mass is 10.0. The quantitative estimate of drug-likeness (QED) is 0.769. The lowest BCUT2D eigenvalue weighted by molar-refractivity contribution is 0.624. The predicted molar refractivity (Wildman–Crippen MR) is 62.1 cm³/mol. The molecule has 0 amide bonds. The minimum Gasteiger partial charge on any atom is -0.206 e. The molecular formula is C11H5BrFNS. The summed E-state index contributed by atoms with van der Waals surface area (Å²) in [4.78, 5) is 0. The molecule has 1 nitrogen and oxygen atoms in total. The number of benzene rings is 1. The van der Waals surface area contributed by atoms with E-state index in [2.05, 4.69) is 15.9 Å². The third-order valence-corrected chi connectivity index (χ3v) is 3.73. The molecule has 0 aliphatic heterocycles. The molecule has 0 fully saturated rings. The summed E-state index contributed by atoms with van der Waals surface area (Å²) < 4.78 is 14.2. The van der Waals surface area contributed by atoms with Crippen LogP contribution in [0.2, 0.25) is 0 Å². The standard InChI is InChI=1S/C11H5BrFNS/c12-10-6-15-5-9(10)7-2-1-3-11(13)8(7)4-14/h1-3,5-6H. The Hall–Kier alpha value is -1.18. The van der Waals surface area contributed by atoms with E-state index in [1.165, 1.54) is 17.4 Å². The molecule has 0 N–H and O–H groups in total. The first-order valence-corrected chi connectivity index (χ1v) is 5.88. The van der Waals surface area contributed by atoms with E-state index in [9.17, 15) is 4.39 Å². The van der Waals surface area contributed by atoms with Gasteiger partial charge < -0.3 is 0 Å². The van der Waals surface area contributed by atoms with Gasteiger partial charge >= 0.3 is 0 Å². The van der Waals surface area contributed by atoms with Crippen molar-refractivity contribution in [3.8, 4) is 17.2 Å². The van der Waals surface area contributed by atoms with Gasteiger partial charge in [-0.15, -0.1) is 0 Å². The van der Waals surface area contributed by atoms with Gasteiger partial charge in [-0.05, 0) is 27.4 Å². The highest BCUT2D eigenvalue weighted by Crippen LogP contribution is 2.34. The lowest BCUT2D eigenvalue weighted by Gasteiger charge is -2.02. The summed E-state index contributed by atoms with van der Waals surface area (Å²) in [6.07, 6.45) is 0. The largest absolute Gasteiger partial charge is 0.206 e. The van der Waals surface area contributed by atoms with E-state index in [-0.39, 0.29) is 5.56 Å². The van der Waals surface area contributed by atoms with E-state index in [0.717, 1.165) is 10.0 Å². The molecule has 0 bridgehead atoms. The second-order valence-electron chi connectivity index (χ2n) is 2.91. The fourth-order valence-corrected chi connectivity index (χ4v) is 2.84. The van der Waals surface area contributed by atoms with Crippen molar-refractivity contribution in [2.24, 2.45) is 0 Å². The summed E-state index contributed by atoms with van der Waals surface area (Å²) >= 11 is 4.88. The highest BCUT2D eigenvalue weighted by atomic mass is 79.9. The Bertz CT molecular complexity index is 542. The molecule has 0 spiro atoms. The Labute approximate surface area is 98.9 Å². The smallest absolute Gasteiger partial charge is 0.141 e. The Balaban J connectivity index is 2.70. The molecule has 0 saturated heterocycles. The first kappa shape index (κ1) is 10.3. The molecule has 2 aromatic rings. The average molecular weight is 282 g/mol. The van der Waals surface area contributed by atoms with Crippen LogP contribution in [0.3, 0.4) is 0 Å². The van der Waals surface area contributed by atoms with Crippen LogP contribution >= 0.6 is 27.3 Å². The predicted octanol–water partition coefficient (Wildman–Crippen LogP) is 4.19. The molecule has 0 saturated carbocycles. The van der Waals surface area contributed by atoms with Crippen LogP contribution in [0.4, 0.5) is 4.39 Å². The Kier molecular flexibility index (Phi) is 2.85. The molecule has 1 heterocycles. The van der Waals surface area contributed by atoms with Crippen molar-refractivity contribution in [2.45, 2.75) is 0 Å². The fraction of sp³-hybridized carbons (Fsp3) is 0. The normalized spacial score (nSPS) is 9.93. The molecule has 0 atom stereocenters. The first-order chi connectivity index (χ1) is 7.24. The van der Waals surface area contributed by atoms with Crippen LogP contribution in [0.25, 0.3) is 11.1 Å². The number of hydrogen-bond donors (Lipinski definition) is 0. The summed E-state index contributed by atoms with van der Waals surface area (Å²) in [6.45, 7) is 0. The molecule has 0 unspecified atom stereocenters. The molecule has 1 aromatic heterocycles.